The molecule has 9 nitrogen and oxygen atoms in total. The highest BCUT2D eigenvalue weighted by Crippen LogP contribution is 2.39. The Hall–Kier alpha value is -4.66. The molecule has 0 fully saturated rings. The van der Waals surface area contributed by atoms with Crippen molar-refractivity contribution >= 4 is 17.8 Å². The van der Waals surface area contributed by atoms with Crippen LogP contribution in [0.5, 0.6) is 40.2 Å². The molecule has 0 saturated carbocycles. The Morgan fingerprint density at radius 2 is 1.05 bits per heavy atom. The van der Waals surface area contributed by atoms with Gasteiger partial charge in [-0.15, -0.1) is 0 Å². The number of carbonyl (C=O) groups excluding carboxylic acids is 2. The minimum Gasteiger partial charge on any atom is -0.493 e. The van der Waals surface area contributed by atoms with Crippen molar-refractivity contribution in [3.8, 4) is 40.2 Å². The van der Waals surface area contributed by atoms with Crippen molar-refractivity contribution in [1.82, 2.24) is 0 Å². The van der Waals surface area contributed by atoms with Gasteiger partial charge in [0.1, 0.15) is 5.75 Å². The first-order chi connectivity index (χ1) is 17.9. The Labute approximate surface area is 215 Å². The predicted octanol–water partition coefficient (Wildman–Crippen LogP) is 4.85. The minimum atomic E-state index is -0.624. The molecule has 0 aliphatic heterocycles. The third-order valence-electron chi connectivity index (χ3n) is 5.36. The molecule has 0 bridgehead atoms. The van der Waals surface area contributed by atoms with Gasteiger partial charge in [0.05, 0.1) is 48.2 Å². The molecule has 0 atom stereocenters. The van der Waals surface area contributed by atoms with E-state index < -0.39 is 5.97 Å². The molecule has 0 saturated heterocycles. The molecule has 3 aromatic rings. The summed E-state index contributed by atoms with van der Waals surface area (Å²) in [5, 5.41) is 0. The lowest BCUT2D eigenvalue weighted by atomic mass is 10.1. The smallest absolute Gasteiger partial charge is 0.343 e. The molecule has 0 spiro atoms. The summed E-state index contributed by atoms with van der Waals surface area (Å²) in [4.78, 5) is 25.4. The summed E-state index contributed by atoms with van der Waals surface area (Å²) in [7, 11) is 8.94. The summed E-state index contributed by atoms with van der Waals surface area (Å²) in [6.45, 7) is 0. The molecule has 0 aliphatic carbocycles. The lowest BCUT2D eigenvalue weighted by molar-refractivity contribution is 0.0733. The first-order valence-corrected chi connectivity index (χ1v) is 11.0. The first-order valence-electron chi connectivity index (χ1n) is 11.0. The molecule has 37 heavy (non-hydrogen) atoms. The lowest BCUT2D eigenvalue weighted by Gasteiger charge is -2.13. The van der Waals surface area contributed by atoms with Crippen molar-refractivity contribution < 1.29 is 42.7 Å². The fourth-order valence-electron chi connectivity index (χ4n) is 3.52. The second-order valence-corrected chi connectivity index (χ2v) is 7.48. The molecule has 0 aromatic heterocycles. The quantitative estimate of drug-likeness (QED) is 0.156. The van der Waals surface area contributed by atoms with Crippen LogP contribution in [0, 0.1) is 0 Å². The molecule has 0 aliphatic rings. The fourth-order valence-corrected chi connectivity index (χ4v) is 3.52. The number of esters is 1. The monoisotopic (exact) mass is 508 g/mol. The van der Waals surface area contributed by atoms with Crippen LogP contribution in [0.3, 0.4) is 0 Å². The maximum atomic E-state index is 12.7. The van der Waals surface area contributed by atoms with Crippen molar-refractivity contribution in [2.75, 3.05) is 42.7 Å². The molecule has 0 amide bonds. The summed E-state index contributed by atoms with van der Waals surface area (Å²) in [5.74, 6) is 1.84. The highest BCUT2D eigenvalue weighted by atomic mass is 16.5. The van der Waals surface area contributed by atoms with Crippen LogP contribution in [0.2, 0.25) is 0 Å². The summed E-state index contributed by atoms with van der Waals surface area (Å²) in [6, 6.07) is 12.7. The first kappa shape index (κ1) is 26.9. The van der Waals surface area contributed by atoms with Crippen LogP contribution >= 0.6 is 0 Å². The lowest BCUT2D eigenvalue weighted by Crippen LogP contribution is -2.10. The zero-order valence-corrected chi connectivity index (χ0v) is 21.4. The Balaban J connectivity index is 1.74. The molecule has 0 N–H and O–H groups in total. The fraction of sp³-hybridized carbons (Fsp3) is 0.214. The third-order valence-corrected chi connectivity index (χ3v) is 5.36. The molecule has 0 unspecified atom stereocenters. The van der Waals surface area contributed by atoms with Crippen LogP contribution in [-0.4, -0.2) is 54.4 Å². The van der Waals surface area contributed by atoms with Crippen LogP contribution < -0.4 is 33.2 Å². The number of ketones is 1. The summed E-state index contributed by atoms with van der Waals surface area (Å²) in [5.41, 5.74) is 1.32. The van der Waals surface area contributed by atoms with Gasteiger partial charge in [-0.05, 0) is 60.2 Å². The standard InChI is InChI=1S/C28H28O9/c1-31-22-13-17(14-23(32-2)26(22)35-5)7-12-21(29)18-8-10-20(11-9-18)37-28(30)19-15-24(33-3)27(36-6)25(16-19)34-4/h7-16H,1-6H3/b12-7+. The van der Waals surface area contributed by atoms with Crippen LogP contribution in [0.1, 0.15) is 26.3 Å². The molecule has 3 rings (SSSR count). The minimum absolute atomic E-state index is 0.211. The van der Waals surface area contributed by atoms with E-state index in [9.17, 15) is 9.59 Å². The van der Waals surface area contributed by atoms with Crippen molar-refractivity contribution in [2.24, 2.45) is 0 Å². The third kappa shape index (κ3) is 6.13. The van der Waals surface area contributed by atoms with Crippen LogP contribution in [0.4, 0.5) is 0 Å². The number of hydrogen-bond donors (Lipinski definition) is 0. The second-order valence-electron chi connectivity index (χ2n) is 7.48. The van der Waals surface area contributed by atoms with Crippen molar-refractivity contribution in [1.29, 1.82) is 0 Å². The van der Waals surface area contributed by atoms with E-state index in [0.29, 0.717) is 45.6 Å². The number of methoxy groups -OCH3 is 6. The van der Waals surface area contributed by atoms with Crippen molar-refractivity contribution in [2.45, 2.75) is 0 Å². The van der Waals surface area contributed by atoms with Gasteiger partial charge in [0.15, 0.2) is 28.8 Å². The number of hydrogen-bond acceptors (Lipinski definition) is 9. The van der Waals surface area contributed by atoms with Crippen molar-refractivity contribution in [3.05, 3.63) is 71.3 Å². The Kier molecular flexibility index (Phi) is 8.99. The Morgan fingerprint density at radius 3 is 1.49 bits per heavy atom. The van der Waals surface area contributed by atoms with Gasteiger partial charge in [0.2, 0.25) is 11.5 Å². The molecule has 0 radical (unpaired) electrons. The van der Waals surface area contributed by atoms with Gasteiger partial charge in [-0.1, -0.05) is 6.08 Å². The van der Waals surface area contributed by atoms with E-state index in [-0.39, 0.29) is 17.1 Å². The number of carbonyl (C=O) groups is 2. The van der Waals surface area contributed by atoms with Crippen LogP contribution in [0.15, 0.2) is 54.6 Å². The number of allylic oxidation sites excluding steroid dienone is 1. The average molecular weight is 509 g/mol. The zero-order valence-electron chi connectivity index (χ0n) is 21.4. The zero-order chi connectivity index (χ0) is 26.9. The van der Waals surface area contributed by atoms with E-state index in [1.165, 1.54) is 73.0 Å². The van der Waals surface area contributed by atoms with Crippen LogP contribution in [0.25, 0.3) is 6.08 Å². The van der Waals surface area contributed by atoms with E-state index >= 15 is 0 Å². The van der Waals surface area contributed by atoms with Gasteiger partial charge in [0, 0.05) is 5.56 Å². The Morgan fingerprint density at radius 1 is 0.595 bits per heavy atom. The molecule has 194 valence electrons. The van der Waals surface area contributed by atoms with Crippen molar-refractivity contribution in [3.63, 3.8) is 0 Å². The molecule has 3 aromatic carbocycles. The van der Waals surface area contributed by atoms with Gasteiger partial charge < -0.3 is 33.2 Å². The number of rotatable bonds is 11. The molecule has 9 heteroatoms. The van der Waals surface area contributed by atoms with Gasteiger partial charge in [-0.2, -0.15) is 0 Å². The SMILES string of the molecule is COc1cc(/C=C/C(=O)c2ccc(OC(=O)c3cc(OC)c(OC)c(OC)c3)cc2)cc(OC)c1OC. The molecular weight excluding hydrogens is 480 g/mol. The van der Waals surface area contributed by atoms with E-state index in [1.807, 2.05) is 0 Å². The van der Waals surface area contributed by atoms with E-state index in [0.717, 1.165) is 0 Å². The van der Waals surface area contributed by atoms with E-state index in [4.69, 9.17) is 33.2 Å². The van der Waals surface area contributed by atoms with E-state index in [1.54, 1.807) is 30.3 Å². The maximum Gasteiger partial charge on any atom is 0.343 e. The maximum absolute atomic E-state index is 12.7. The van der Waals surface area contributed by atoms with Gasteiger partial charge >= 0.3 is 5.97 Å². The number of ether oxygens (including phenoxy) is 7. The van der Waals surface area contributed by atoms with Crippen LogP contribution in [-0.2, 0) is 0 Å². The highest BCUT2D eigenvalue weighted by molar-refractivity contribution is 6.07. The Bertz CT molecular complexity index is 1240. The largest absolute Gasteiger partial charge is 0.493 e. The van der Waals surface area contributed by atoms with Gasteiger partial charge in [-0.3, -0.25) is 4.79 Å². The summed E-state index contributed by atoms with van der Waals surface area (Å²) >= 11 is 0. The summed E-state index contributed by atoms with van der Waals surface area (Å²) in [6.07, 6.45) is 3.07. The highest BCUT2D eigenvalue weighted by Gasteiger charge is 2.18. The molecule has 0 heterocycles. The summed E-state index contributed by atoms with van der Waals surface area (Å²) < 4.78 is 37.3. The second kappa shape index (κ2) is 12.3. The predicted molar refractivity (Wildman–Crippen MR) is 137 cm³/mol. The average Bonchev–Trinajstić information content (AvgIpc) is 2.94. The topological polar surface area (TPSA) is 98.8 Å². The number of benzene rings is 3. The van der Waals surface area contributed by atoms with Gasteiger partial charge in [-0.25, -0.2) is 4.79 Å². The molecular formula is C28H28O9. The normalized spacial score (nSPS) is 10.5. The van der Waals surface area contributed by atoms with E-state index in [2.05, 4.69) is 0 Å². The van der Waals surface area contributed by atoms with Gasteiger partial charge in [0.25, 0.3) is 0 Å².